The number of aliphatic hydroxyl groups excluding tert-OH is 1. The molecule has 158 valence electrons. The first kappa shape index (κ1) is 21.7. The molecule has 1 amide bonds. The zero-order valence-electron chi connectivity index (χ0n) is 17.9. The van der Waals surface area contributed by atoms with Crippen molar-refractivity contribution in [2.75, 3.05) is 27.3 Å². The first-order valence-corrected chi connectivity index (χ1v) is 9.99. The van der Waals surface area contributed by atoms with Crippen LogP contribution in [0, 0.1) is 0 Å². The van der Waals surface area contributed by atoms with Crippen LogP contribution in [0.15, 0.2) is 47.5 Å². The Bertz CT molecular complexity index is 977. The van der Waals surface area contributed by atoms with Crippen molar-refractivity contribution in [3.8, 4) is 5.75 Å². The van der Waals surface area contributed by atoms with Gasteiger partial charge in [-0.2, -0.15) is 0 Å². The second-order valence-electron chi connectivity index (χ2n) is 8.20. The van der Waals surface area contributed by atoms with Crippen molar-refractivity contribution in [3.63, 3.8) is 0 Å². The number of aliphatic imine (C=N–C) groups is 1. The summed E-state index contributed by atoms with van der Waals surface area (Å²) in [4.78, 5) is 31.6. The van der Waals surface area contributed by atoms with Crippen LogP contribution in [0.2, 0.25) is 0 Å². The van der Waals surface area contributed by atoms with Crippen LogP contribution in [0.25, 0.3) is 0 Å². The zero-order chi connectivity index (χ0) is 21.9. The summed E-state index contributed by atoms with van der Waals surface area (Å²) < 4.78 is 5.35. The summed E-state index contributed by atoms with van der Waals surface area (Å²) in [5.41, 5.74) is 3.62. The summed E-state index contributed by atoms with van der Waals surface area (Å²) in [5.74, 6) is 0.494. The second-order valence-corrected chi connectivity index (χ2v) is 8.20. The Balaban J connectivity index is 1.82. The molecular formula is C24H28N2O4. The fourth-order valence-electron chi connectivity index (χ4n) is 3.70. The van der Waals surface area contributed by atoms with Crippen LogP contribution < -0.4 is 4.74 Å². The molecule has 1 aliphatic heterocycles. The summed E-state index contributed by atoms with van der Waals surface area (Å²) >= 11 is 0. The molecule has 0 fully saturated rings. The standard InChI is InChI=1S/C24H28N2O4/c1-24(2)15-18-9-10-19(30-4)13-20(18)21(25-24)14-22(28)16-5-7-17(8-6-16)23(29)26(3)11-12-27/h5-10,13,27H,11-12,14-15H2,1-4H3. The highest BCUT2D eigenvalue weighted by atomic mass is 16.5. The molecule has 3 rings (SSSR count). The molecule has 1 N–H and O–H groups in total. The summed E-state index contributed by atoms with van der Waals surface area (Å²) in [6.07, 6.45) is 0.990. The number of hydrogen-bond donors (Lipinski definition) is 1. The fraction of sp³-hybridized carbons (Fsp3) is 0.375. The van der Waals surface area contributed by atoms with Gasteiger partial charge in [-0.25, -0.2) is 0 Å². The average Bonchev–Trinajstić information content (AvgIpc) is 2.72. The minimum atomic E-state index is -0.273. The van der Waals surface area contributed by atoms with E-state index < -0.39 is 0 Å². The molecule has 0 aromatic heterocycles. The number of carbonyl (C=O) groups is 2. The topological polar surface area (TPSA) is 79.2 Å². The number of fused-ring (bicyclic) bond motifs is 1. The van der Waals surface area contributed by atoms with E-state index in [1.54, 1.807) is 38.4 Å². The van der Waals surface area contributed by atoms with Gasteiger partial charge in [0.1, 0.15) is 5.75 Å². The fourth-order valence-corrected chi connectivity index (χ4v) is 3.70. The maximum atomic E-state index is 13.0. The van der Waals surface area contributed by atoms with Gasteiger partial charge < -0.3 is 14.7 Å². The van der Waals surface area contributed by atoms with E-state index in [9.17, 15) is 9.59 Å². The lowest BCUT2D eigenvalue weighted by atomic mass is 9.85. The number of aliphatic hydroxyl groups is 1. The van der Waals surface area contributed by atoms with Crippen molar-refractivity contribution in [1.29, 1.82) is 0 Å². The van der Waals surface area contributed by atoms with Crippen LogP contribution in [0.3, 0.4) is 0 Å². The summed E-state index contributed by atoms with van der Waals surface area (Å²) in [7, 11) is 3.25. The SMILES string of the molecule is COc1ccc2c(c1)C(CC(=O)c1ccc(C(=O)N(C)CCO)cc1)=NC(C)(C)C2. The first-order valence-electron chi connectivity index (χ1n) is 9.99. The lowest BCUT2D eigenvalue weighted by Gasteiger charge is -2.29. The molecule has 0 radical (unpaired) electrons. The summed E-state index contributed by atoms with van der Waals surface area (Å²) in [6.45, 7) is 4.30. The number of likely N-dealkylation sites (N-methyl/N-ethyl adjacent to an activating group) is 1. The minimum absolute atomic E-state index is 0.0528. The van der Waals surface area contributed by atoms with E-state index in [0.29, 0.717) is 11.1 Å². The first-order chi connectivity index (χ1) is 14.2. The highest BCUT2D eigenvalue weighted by Gasteiger charge is 2.28. The number of Topliss-reactive ketones (excluding diaryl/α,β-unsaturated/α-hetero) is 1. The predicted molar refractivity (Wildman–Crippen MR) is 117 cm³/mol. The highest BCUT2D eigenvalue weighted by molar-refractivity contribution is 6.17. The Kier molecular flexibility index (Phi) is 6.37. The average molecular weight is 408 g/mol. The van der Waals surface area contributed by atoms with Gasteiger partial charge >= 0.3 is 0 Å². The van der Waals surface area contributed by atoms with E-state index >= 15 is 0 Å². The minimum Gasteiger partial charge on any atom is -0.497 e. The van der Waals surface area contributed by atoms with Crippen LogP contribution in [0.4, 0.5) is 0 Å². The van der Waals surface area contributed by atoms with Crippen molar-refractivity contribution in [2.45, 2.75) is 32.2 Å². The molecule has 6 heteroatoms. The van der Waals surface area contributed by atoms with E-state index in [0.717, 1.165) is 29.0 Å². The van der Waals surface area contributed by atoms with Crippen molar-refractivity contribution >= 4 is 17.4 Å². The summed E-state index contributed by atoms with van der Waals surface area (Å²) in [5, 5.41) is 8.99. The molecule has 0 bridgehead atoms. The molecule has 0 spiro atoms. The Hall–Kier alpha value is -2.99. The molecule has 0 saturated heterocycles. The Morgan fingerprint density at radius 2 is 1.80 bits per heavy atom. The van der Waals surface area contributed by atoms with Gasteiger partial charge in [-0.15, -0.1) is 0 Å². The Labute approximate surface area is 177 Å². The van der Waals surface area contributed by atoms with Crippen molar-refractivity contribution in [3.05, 3.63) is 64.7 Å². The van der Waals surface area contributed by atoms with Crippen LogP contribution in [-0.2, 0) is 6.42 Å². The van der Waals surface area contributed by atoms with Gasteiger partial charge in [0, 0.05) is 30.3 Å². The quantitative estimate of drug-likeness (QED) is 0.714. The van der Waals surface area contributed by atoms with Gasteiger partial charge in [0.15, 0.2) is 5.78 Å². The molecule has 2 aromatic rings. The number of amides is 1. The molecule has 0 unspecified atom stereocenters. The lowest BCUT2D eigenvalue weighted by molar-refractivity contribution is 0.0766. The van der Waals surface area contributed by atoms with Crippen molar-refractivity contribution in [2.24, 2.45) is 4.99 Å². The number of ketones is 1. The van der Waals surface area contributed by atoms with Crippen LogP contribution in [-0.4, -0.2) is 60.3 Å². The number of methoxy groups -OCH3 is 1. The maximum Gasteiger partial charge on any atom is 0.253 e. The van der Waals surface area contributed by atoms with Gasteiger partial charge in [0.05, 0.1) is 31.4 Å². The van der Waals surface area contributed by atoms with E-state index in [2.05, 4.69) is 13.8 Å². The molecule has 0 atom stereocenters. The number of hydrogen-bond acceptors (Lipinski definition) is 5. The maximum absolute atomic E-state index is 13.0. The van der Waals surface area contributed by atoms with Crippen LogP contribution in [0.5, 0.6) is 5.75 Å². The van der Waals surface area contributed by atoms with Crippen molar-refractivity contribution < 1.29 is 19.4 Å². The molecule has 0 aliphatic carbocycles. The Morgan fingerprint density at radius 1 is 1.13 bits per heavy atom. The van der Waals surface area contributed by atoms with Gasteiger partial charge in [-0.05, 0) is 50.1 Å². The van der Waals surface area contributed by atoms with Gasteiger partial charge in [-0.3, -0.25) is 14.6 Å². The highest BCUT2D eigenvalue weighted by Crippen LogP contribution is 2.31. The third-order valence-electron chi connectivity index (χ3n) is 5.25. The largest absolute Gasteiger partial charge is 0.497 e. The molecule has 30 heavy (non-hydrogen) atoms. The van der Waals surface area contributed by atoms with Gasteiger partial charge in [-0.1, -0.05) is 18.2 Å². The smallest absolute Gasteiger partial charge is 0.253 e. The third kappa shape index (κ3) is 4.76. The van der Waals surface area contributed by atoms with Crippen molar-refractivity contribution in [1.82, 2.24) is 4.90 Å². The molecule has 6 nitrogen and oxygen atoms in total. The molecule has 1 heterocycles. The Morgan fingerprint density at radius 3 is 2.43 bits per heavy atom. The lowest BCUT2D eigenvalue weighted by Crippen LogP contribution is -2.30. The number of benzene rings is 2. The molecule has 1 aliphatic rings. The third-order valence-corrected chi connectivity index (χ3v) is 5.25. The van der Waals surface area contributed by atoms with E-state index in [1.807, 2.05) is 18.2 Å². The monoisotopic (exact) mass is 408 g/mol. The second kappa shape index (κ2) is 8.79. The molecule has 0 saturated carbocycles. The van der Waals surface area contributed by atoms with Gasteiger partial charge in [0.25, 0.3) is 5.91 Å². The predicted octanol–water partition coefficient (Wildman–Crippen LogP) is 3.16. The molecular weight excluding hydrogens is 380 g/mol. The number of ether oxygens (including phenoxy) is 1. The summed E-state index contributed by atoms with van der Waals surface area (Å²) in [6, 6.07) is 12.5. The van der Waals surface area contributed by atoms with Crippen LogP contribution in [0.1, 0.15) is 52.1 Å². The number of nitrogens with zero attached hydrogens (tertiary/aromatic N) is 2. The molecule has 2 aromatic carbocycles. The van der Waals surface area contributed by atoms with E-state index in [1.165, 1.54) is 4.90 Å². The number of carbonyl (C=O) groups excluding carboxylic acids is 2. The van der Waals surface area contributed by atoms with Crippen LogP contribution >= 0.6 is 0 Å². The van der Waals surface area contributed by atoms with E-state index in [-0.39, 0.29) is 36.8 Å². The normalized spacial score (nSPS) is 14.5. The van der Waals surface area contributed by atoms with Gasteiger partial charge in [0.2, 0.25) is 0 Å². The van der Waals surface area contributed by atoms with E-state index in [4.69, 9.17) is 14.8 Å². The number of rotatable bonds is 7. The zero-order valence-corrected chi connectivity index (χ0v) is 17.9.